The number of thioether (sulfide) groups is 1. The minimum absolute atomic E-state index is 0.0582. The number of benzene rings is 2. The monoisotopic (exact) mass is 342 g/mol. The molecule has 0 fully saturated rings. The van der Waals surface area contributed by atoms with Crippen molar-refractivity contribution in [3.05, 3.63) is 71.5 Å². The van der Waals surface area contributed by atoms with Crippen LogP contribution in [0.3, 0.4) is 0 Å². The van der Waals surface area contributed by atoms with Gasteiger partial charge in [0.05, 0.1) is 0 Å². The molecule has 6 heteroatoms. The van der Waals surface area contributed by atoms with Crippen LogP contribution in [0, 0.1) is 5.82 Å². The summed E-state index contributed by atoms with van der Waals surface area (Å²) in [5.41, 5.74) is 1.09. The minimum Gasteiger partial charge on any atom is -0.303 e. The Morgan fingerprint density at radius 3 is 2.50 bits per heavy atom. The number of hydrogen-bond acceptors (Lipinski definition) is 4. The molecule has 0 N–H and O–H groups in total. The van der Waals surface area contributed by atoms with Crippen LogP contribution >= 0.6 is 11.8 Å². The van der Waals surface area contributed by atoms with Crippen LogP contribution in [0.2, 0.25) is 0 Å². The zero-order chi connectivity index (χ0) is 17.2. The Balaban J connectivity index is 2.12. The summed E-state index contributed by atoms with van der Waals surface area (Å²) < 4.78 is 14.1. The number of amides is 1. The molecule has 2 aromatic carbocycles. The Kier molecular flexibility index (Phi) is 4.49. The van der Waals surface area contributed by atoms with Crippen molar-refractivity contribution >= 4 is 29.0 Å². The first-order valence-electron chi connectivity index (χ1n) is 7.41. The largest absolute Gasteiger partial charge is 0.303 e. The molecular weight excluding hydrogens is 327 g/mol. The molecular formula is C18H15FN2O2S. The zero-order valence-corrected chi connectivity index (χ0v) is 13.8. The predicted molar refractivity (Wildman–Crippen MR) is 91.8 cm³/mol. The molecule has 1 aliphatic heterocycles. The van der Waals surface area contributed by atoms with Gasteiger partial charge in [-0.1, -0.05) is 54.2 Å². The molecule has 0 radical (unpaired) electrons. The lowest BCUT2D eigenvalue weighted by atomic mass is 10.0. The molecule has 1 amide bonds. The standard InChI is InChI=1S/C18H15FN2O2S/c1-13(23)21-18(11-12-22,14-7-3-2-4-8-14)24-17(20-21)15-9-5-6-10-16(15)19/h2-10,12H,11H2,1H3. The first-order valence-corrected chi connectivity index (χ1v) is 8.22. The normalized spacial score (nSPS) is 19.9. The van der Waals surface area contributed by atoms with E-state index < -0.39 is 10.7 Å². The molecule has 1 aliphatic rings. The van der Waals surface area contributed by atoms with Crippen LogP contribution in [0.1, 0.15) is 24.5 Å². The van der Waals surface area contributed by atoms with E-state index in [0.717, 1.165) is 11.8 Å². The summed E-state index contributed by atoms with van der Waals surface area (Å²) in [7, 11) is 0. The Labute approximate surface area is 143 Å². The van der Waals surface area contributed by atoms with Gasteiger partial charge in [-0.25, -0.2) is 9.40 Å². The Bertz CT molecular complexity index is 810. The van der Waals surface area contributed by atoms with Crippen molar-refractivity contribution in [2.24, 2.45) is 5.10 Å². The quantitative estimate of drug-likeness (QED) is 0.799. The van der Waals surface area contributed by atoms with E-state index in [4.69, 9.17) is 0 Å². The van der Waals surface area contributed by atoms with Crippen LogP contribution in [-0.2, 0) is 14.5 Å². The van der Waals surface area contributed by atoms with Gasteiger partial charge in [-0.2, -0.15) is 5.10 Å². The smallest absolute Gasteiger partial charge is 0.241 e. The van der Waals surface area contributed by atoms with E-state index in [-0.39, 0.29) is 12.3 Å². The van der Waals surface area contributed by atoms with Gasteiger partial charge in [0.15, 0.2) is 0 Å². The molecule has 0 aromatic heterocycles. The van der Waals surface area contributed by atoms with E-state index >= 15 is 0 Å². The SMILES string of the molecule is CC(=O)N1N=C(c2ccccc2F)SC1(CC=O)c1ccccc1. The number of halogens is 1. The summed E-state index contributed by atoms with van der Waals surface area (Å²) in [5.74, 6) is -0.721. The fourth-order valence-corrected chi connectivity index (χ4v) is 4.08. The summed E-state index contributed by atoms with van der Waals surface area (Å²) in [6.07, 6.45) is 0.818. The van der Waals surface area contributed by atoms with Crippen molar-refractivity contribution in [3.8, 4) is 0 Å². The molecule has 0 saturated carbocycles. The highest BCUT2D eigenvalue weighted by Crippen LogP contribution is 2.49. The molecule has 4 nitrogen and oxygen atoms in total. The van der Waals surface area contributed by atoms with Gasteiger partial charge in [0, 0.05) is 18.9 Å². The van der Waals surface area contributed by atoms with Crippen LogP contribution in [-0.4, -0.2) is 22.2 Å². The van der Waals surface area contributed by atoms with Crippen molar-refractivity contribution < 1.29 is 14.0 Å². The zero-order valence-electron chi connectivity index (χ0n) is 13.0. The number of hydrogen-bond donors (Lipinski definition) is 0. The number of carbonyl (C=O) groups is 2. The second-order valence-electron chi connectivity index (χ2n) is 5.34. The average Bonchev–Trinajstić information content (AvgIpc) is 2.97. The lowest BCUT2D eigenvalue weighted by molar-refractivity contribution is -0.132. The summed E-state index contributed by atoms with van der Waals surface area (Å²) in [6, 6.07) is 15.5. The number of rotatable bonds is 4. The van der Waals surface area contributed by atoms with E-state index in [1.807, 2.05) is 30.3 Å². The second-order valence-corrected chi connectivity index (χ2v) is 6.61. The maximum atomic E-state index is 14.1. The van der Waals surface area contributed by atoms with Crippen molar-refractivity contribution in [1.82, 2.24) is 5.01 Å². The first-order chi connectivity index (χ1) is 11.6. The van der Waals surface area contributed by atoms with E-state index in [1.54, 1.807) is 18.2 Å². The molecule has 0 aliphatic carbocycles. The molecule has 24 heavy (non-hydrogen) atoms. The van der Waals surface area contributed by atoms with Crippen LogP contribution in [0.25, 0.3) is 0 Å². The Morgan fingerprint density at radius 2 is 1.88 bits per heavy atom. The predicted octanol–water partition coefficient (Wildman–Crippen LogP) is 3.52. The van der Waals surface area contributed by atoms with Gasteiger partial charge >= 0.3 is 0 Å². The molecule has 1 unspecified atom stereocenters. The van der Waals surface area contributed by atoms with Crippen LogP contribution in [0.15, 0.2) is 59.7 Å². The van der Waals surface area contributed by atoms with Gasteiger partial charge in [0.2, 0.25) is 5.91 Å². The molecule has 1 atom stereocenters. The van der Waals surface area contributed by atoms with Gasteiger partial charge in [0.1, 0.15) is 22.0 Å². The van der Waals surface area contributed by atoms with Crippen molar-refractivity contribution in [2.75, 3.05) is 0 Å². The van der Waals surface area contributed by atoms with Gasteiger partial charge in [0.25, 0.3) is 0 Å². The molecule has 1 heterocycles. The number of hydrazone groups is 1. The maximum Gasteiger partial charge on any atom is 0.241 e. The van der Waals surface area contributed by atoms with E-state index in [9.17, 15) is 14.0 Å². The van der Waals surface area contributed by atoms with Gasteiger partial charge in [-0.05, 0) is 17.7 Å². The molecule has 3 rings (SSSR count). The third-order valence-electron chi connectivity index (χ3n) is 3.79. The molecule has 122 valence electrons. The fourth-order valence-electron chi connectivity index (χ4n) is 2.70. The van der Waals surface area contributed by atoms with Crippen molar-refractivity contribution in [1.29, 1.82) is 0 Å². The molecule has 0 bridgehead atoms. The van der Waals surface area contributed by atoms with Crippen molar-refractivity contribution in [2.45, 2.75) is 18.2 Å². The van der Waals surface area contributed by atoms with Crippen LogP contribution in [0.4, 0.5) is 4.39 Å². The maximum absolute atomic E-state index is 14.1. The number of aldehydes is 1. The molecule has 0 spiro atoms. The Hall–Kier alpha value is -2.47. The summed E-state index contributed by atoms with van der Waals surface area (Å²) in [6.45, 7) is 1.39. The molecule has 0 saturated heterocycles. The topological polar surface area (TPSA) is 49.7 Å². The second kappa shape index (κ2) is 6.57. The lowest BCUT2D eigenvalue weighted by Gasteiger charge is -2.33. The van der Waals surface area contributed by atoms with E-state index in [0.29, 0.717) is 10.6 Å². The number of nitrogens with zero attached hydrogens (tertiary/aromatic N) is 2. The number of carbonyl (C=O) groups excluding carboxylic acids is 2. The summed E-state index contributed by atoms with van der Waals surface area (Å²) >= 11 is 1.22. The van der Waals surface area contributed by atoms with E-state index in [1.165, 1.54) is 29.8 Å². The van der Waals surface area contributed by atoms with Gasteiger partial charge in [-0.3, -0.25) is 4.79 Å². The third-order valence-corrected chi connectivity index (χ3v) is 5.19. The Morgan fingerprint density at radius 1 is 1.21 bits per heavy atom. The van der Waals surface area contributed by atoms with Crippen LogP contribution < -0.4 is 0 Å². The summed E-state index contributed by atoms with van der Waals surface area (Å²) in [4.78, 5) is 22.5. The highest BCUT2D eigenvalue weighted by atomic mass is 32.2. The summed E-state index contributed by atoms with van der Waals surface area (Å²) in [5, 5.41) is 6.00. The van der Waals surface area contributed by atoms with E-state index in [2.05, 4.69) is 5.10 Å². The van der Waals surface area contributed by atoms with Crippen molar-refractivity contribution in [3.63, 3.8) is 0 Å². The van der Waals surface area contributed by atoms with Gasteiger partial charge in [-0.15, -0.1) is 0 Å². The highest BCUT2D eigenvalue weighted by Gasteiger charge is 2.47. The van der Waals surface area contributed by atoms with Gasteiger partial charge < -0.3 is 4.79 Å². The van der Waals surface area contributed by atoms with Crippen LogP contribution in [0.5, 0.6) is 0 Å². The fraction of sp³-hybridized carbons (Fsp3) is 0.167. The first kappa shape index (κ1) is 16.4. The third kappa shape index (κ3) is 2.73. The average molecular weight is 342 g/mol. The molecule has 2 aromatic rings. The lowest BCUT2D eigenvalue weighted by Crippen LogP contribution is -2.40. The highest BCUT2D eigenvalue weighted by molar-refractivity contribution is 8.15. The minimum atomic E-state index is -0.994.